The lowest BCUT2D eigenvalue weighted by Gasteiger charge is -2.31. The van der Waals surface area contributed by atoms with Crippen LogP contribution in [0.1, 0.15) is 64.5 Å². The van der Waals surface area contributed by atoms with Gasteiger partial charge in [-0.1, -0.05) is 66.7 Å². The van der Waals surface area contributed by atoms with Crippen LogP contribution in [0, 0.1) is 0 Å². The number of esters is 1. The predicted molar refractivity (Wildman–Crippen MR) is 154 cm³/mol. The molecule has 208 valence electrons. The maximum Gasteiger partial charge on any atom is 0.407 e. The normalized spacial score (nSPS) is 12.7. The molecule has 2 aromatic carbocycles. The van der Waals surface area contributed by atoms with Gasteiger partial charge in [0.1, 0.15) is 5.60 Å². The monoisotopic (exact) mass is 542 g/mol. The molecule has 0 aromatic heterocycles. The van der Waals surface area contributed by atoms with Crippen molar-refractivity contribution >= 4 is 23.7 Å². The molecule has 0 saturated heterocycles. The molecule has 0 unspecified atom stereocenters. The van der Waals surface area contributed by atoms with E-state index in [1.54, 1.807) is 0 Å². The zero-order chi connectivity index (χ0) is 27.8. The van der Waals surface area contributed by atoms with Gasteiger partial charge >= 0.3 is 12.1 Å². The van der Waals surface area contributed by atoms with E-state index in [-0.39, 0.29) is 12.0 Å². The second-order valence-electron chi connectivity index (χ2n) is 10.2. The molecule has 6 nitrogen and oxygen atoms in total. The van der Waals surface area contributed by atoms with E-state index in [0.717, 1.165) is 6.42 Å². The largest absolute Gasteiger partial charge is 0.463 e. The number of carbonyl (C=O) groups excluding carboxylic acids is 2. The van der Waals surface area contributed by atoms with Crippen LogP contribution < -0.4 is 5.32 Å². The van der Waals surface area contributed by atoms with E-state index in [9.17, 15) is 9.59 Å². The molecule has 2 rings (SSSR count). The van der Waals surface area contributed by atoms with Crippen molar-refractivity contribution in [2.24, 2.45) is 0 Å². The number of carbonyl (C=O) groups is 2. The Labute approximate surface area is 233 Å². The van der Waals surface area contributed by atoms with Gasteiger partial charge in [0.25, 0.3) is 0 Å². The van der Waals surface area contributed by atoms with Crippen molar-refractivity contribution in [1.82, 2.24) is 10.2 Å². The Morgan fingerprint density at radius 2 is 1.55 bits per heavy atom. The minimum atomic E-state index is -0.547. The maximum atomic E-state index is 12.9. The zero-order valence-corrected chi connectivity index (χ0v) is 24.0. The van der Waals surface area contributed by atoms with Crippen molar-refractivity contribution in [2.45, 2.75) is 78.1 Å². The first-order valence-corrected chi connectivity index (χ1v) is 14.0. The van der Waals surface area contributed by atoms with E-state index in [2.05, 4.69) is 34.5 Å². The minimum absolute atomic E-state index is 0.0643. The molecule has 2 aromatic rings. The van der Waals surface area contributed by atoms with E-state index in [0.29, 0.717) is 57.0 Å². The molecular formula is C31H43ClN2O4. The molecule has 1 amide bonds. The molecule has 0 spiro atoms. The van der Waals surface area contributed by atoms with Gasteiger partial charge in [-0.05, 0) is 64.5 Å². The highest BCUT2D eigenvalue weighted by atomic mass is 35.5. The van der Waals surface area contributed by atoms with Gasteiger partial charge in [-0.15, -0.1) is 11.6 Å². The van der Waals surface area contributed by atoms with E-state index in [1.165, 1.54) is 11.1 Å². The van der Waals surface area contributed by atoms with Crippen molar-refractivity contribution in [2.75, 3.05) is 19.0 Å². The van der Waals surface area contributed by atoms with Crippen LogP contribution in [0.25, 0.3) is 0 Å². The molecule has 7 heteroatoms. The molecule has 0 aliphatic carbocycles. The highest BCUT2D eigenvalue weighted by Gasteiger charge is 2.22. The number of hydrogen-bond donors (Lipinski definition) is 1. The van der Waals surface area contributed by atoms with Gasteiger partial charge in [0, 0.05) is 37.1 Å². The molecule has 0 aliphatic heterocycles. The number of benzene rings is 2. The average molecular weight is 543 g/mol. The highest BCUT2D eigenvalue weighted by Crippen LogP contribution is 2.21. The summed E-state index contributed by atoms with van der Waals surface area (Å²) in [5, 5.41) is 2.85. The Kier molecular flexibility index (Phi) is 14.0. The van der Waals surface area contributed by atoms with Crippen LogP contribution >= 0.6 is 11.6 Å². The van der Waals surface area contributed by atoms with Crippen LogP contribution in [0.3, 0.4) is 0 Å². The number of alkyl halides is 1. The number of hydrogen-bond acceptors (Lipinski definition) is 5. The lowest BCUT2D eigenvalue weighted by molar-refractivity contribution is -0.138. The number of nitrogens with zero attached hydrogens (tertiary/aromatic N) is 1. The summed E-state index contributed by atoms with van der Waals surface area (Å²) in [7, 11) is 0. The quantitative estimate of drug-likeness (QED) is 0.115. The summed E-state index contributed by atoms with van der Waals surface area (Å²) in [6, 6.07) is 20.6. The number of amides is 1. The van der Waals surface area contributed by atoms with Crippen LogP contribution in [0.4, 0.5) is 4.79 Å². The van der Waals surface area contributed by atoms with Crippen LogP contribution in [0.2, 0.25) is 0 Å². The molecule has 38 heavy (non-hydrogen) atoms. The Hall–Kier alpha value is -2.83. The van der Waals surface area contributed by atoms with Crippen LogP contribution in [0.15, 0.2) is 72.3 Å². The number of halogens is 1. The summed E-state index contributed by atoms with van der Waals surface area (Å²) in [5.41, 5.74) is 2.47. The van der Waals surface area contributed by atoms with Crippen LogP contribution in [0.5, 0.6) is 0 Å². The molecule has 0 bridgehead atoms. The fourth-order valence-electron chi connectivity index (χ4n) is 4.08. The average Bonchev–Trinajstić information content (AvgIpc) is 2.87. The second kappa shape index (κ2) is 16.9. The summed E-state index contributed by atoms with van der Waals surface area (Å²) in [4.78, 5) is 27.4. The molecule has 1 N–H and O–H groups in total. The third-order valence-electron chi connectivity index (χ3n) is 5.78. The summed E-state index contributed by atoms with van der Waals surface area (Å²) in [5.74, 6) is 0.174. The number of alkyl carbamates (subject to hydrolysis) is 1. The smallest absolute Gasteiger partial charge is 0.407 e. The predicted octanol–water partition coefficient (Wildman–Crippen LogP) is 6.87. The first kappa shape index (κ1) is 31.4. The van der Waals surface area contributed by atoms with Gasteiger partial charge in [0.2, 0.25) is 0 Å². The molecular weight excluding hydrogens is 500 g/mol. The van der Waals surface area contributed by atoms with Gasteiger partial charge in [0.05, 0.1) is 6.61 Å². The van der Waals surface area contributed by atoms with Gasteiger partial charge in [-0.25, -0.2) is 9.59 Å². The number of nitrogens with one attached hydrogen (secondary N) is 1. The van der Waals surface area contributed by atoms with Crippen molar-refractivity contribution in [3.63, 3.8) is 0 Å². The van der Waals surface area contributed by atoms with Gasteiger partial charge in [-0.2, -0.15) is 0 Å². The second-order valence-corrected chi connectivity index (χ2v) is 10.6. The van der Waals surface area contributed by atoms with E-state index < -0.39 is 11.7 Å². The topological polar surface area (TPSA) is 67.9 Å². The van der Waals surface area contributed by atoms with Crippen molar-refractivity contribution < 1.29 is 19.1 Å². The van der Waals surface area contributed by atoms with Gasteiger partial charge < -0.3 is 14.8 Å². The third-order valence-corrected chi connectivity index (χ3v) is 6.05. The maximum absolute atomic E-state index is 12.9. The molecule has 0 aliphatic rings. The fraction of sp³-hybridized carbons (Fsp3) is 0.484. The third kappa shape index (κ3) is 12.6. The molecule has 0 radical (unpaired) electrons. The molecule has 0 heterocycles. The number of ether oxygens (including phenoxy) is 2. The Morgan fingerprint density at radius 1 is 0.974 bits per heavy atom. The lowest BCUT2D eigenvalue weighted by atomic mass is 10.0. The number of rotatable bonds is 15. The van der Waals surface area contributed by atoms with Crippen molar-refractivity contribution in [3.8, 4) is 0 Å². The summed E-state index contributed by atoms with van der Waals surface area (Å²) < 4.78 is 10.8. The first-order chi connectivity index (χ1) is 18.2. The Balaban J connectivity index is 2.32. The summed E-state index contributed by atoms with van der Waals surface area (Å²) in [6.45, 7) is 9.56. The van der Waals surface area contributed by atoms with E-state index in [4.69, 9.17) is 21.1 Å². The molecule has 1 atom stereocenters. The standard InChI is InChI=1S/C31H43ClN2O4/c1-5-37-29(35)27(18-12-20-32)22-28(19-13-21-33-30(36)38-31(2,3)4)34(23-25-14-8-6-9-15-25)24-26-16-10-7-11-17-26/h6-11,14-17,22,28H,5,12-13,18-21,23-24H2,1-4H3,(H,33,36)/b27-22-/t28-/m0/s1. The van der Waals surface area contributed by atoms with Gasteiger partial charge in [-0.3, -0.25) is 4.90 Å². The van der Waals surface area contributed by atoms with Crippen molar-refractivity contribution in [1.29, 1.82) is 0 Å². The summed E-state index contributed by atoms with van der Waals surface area (Å²) >= 11 is 5.98. The minimum Gasteiger partial charge on any atom is -0.463 e. The SMILES string of the molecule is CCOC(=O)/C(=C\[C@H](CCCNC(=O)OC(C)(C)C)N(Cc1ccccc1)Cc1ccccc1)CCCCl. The van der Waals surface area contributed by atoms with E-state index >= 15 is 0 Å². The first-order valence-electron chi connectivity index (χ1n) is 13.4. The molecule has 0 fully saturated rings. The Morgan fingerprint density at radius 3 is 2.05 bits per heavy atom. The summed E-state index contributed by atoms with van der Waals surface area (Å²) in [6.07, 6.45) is 4.31. The van der Waals surface area contributed by atoms with E-state index in [1.807, 2.05) is 70.2 Å². The van der Waals surface area contributed by atoms with Crippen LogP contribution in [-0.2, 0) is 27.4 Å². The van der Waals surface area contributed by atoms with Crippen molar-refractivity contribution in [3.05, 3.63) is 83.4 Å². The fourth-order valence-corrected chi connectivity index (χ4v) is 4.21. The highest BCUT2D eigenvalue weighted by molar-refractivity contribution is 6.17. The lowest BCUT2D eigenvalue weighted by Crippen LogP contribution is -2.36. The van der Waals surface area contributed by atoms with Gasteiger partial charge in [0.15, 0.2) is 0 Å². The van der Waals surface area contributed by atoms with Crippen LogP contribution in [-0.4, -0.2) is 47.6 Å². The molecule has 0 saturated carbocycles. The zero-order valence-electron chi connectivity index (χ0n) is 23.3. The Bertz CT molecular complexity index is 948.